The molecule has 2 aliphatic heterocycles. The number of anilines is 2. The summed E-state index contributed by atoms with van der Waals surface area (Å²) in [6.45, 7) is 0. The Kier molecular flexibility index (Phi) is 5.85. The summed E-state index contributed by atoms with van der Waals surface area (Å²) in [4.78, 5) is 47.2. The number of nitrogens with zero attached hydrogens (tertiary/aromatic N) is 2. The maximum absolute atomic E-state index is 13.7. The first-order valence-corrected chi connectivity index (χ1v) is 12.0. The molecule has 2 fully saturated rings. The Bertz CT molecular complexity index is 1230. The van der Waals surface area contributed by atoms with E-state index in [4.69, 9.17) is 9.57 Å². The molecule has 0 bridgehead atoms. The SMILES string of the molecule is COC(=O)c1ccc(N2C(=O)[C@H]3[C@H](ON(c4ccccc4)[C@@H]3c3ccc(SC)cc3)C2=O)cc1. The zero-order valence-electron chi connectivity index (χ0n) is 18.6. The van der Waals surface area contributed by atoms with Crippen LogP contribution in [0.25, 0.3) is 0 Å². The average Bonchev–Trinajstić information content (AvgIpc) is 3.40. The number of benzene rings is 3. The zero-order chi connectivity index (χ0) is 23.8. The maximum Gasteiger partial charge on any atom is 0.337 e. The van der Waals surface area contributed by atoms with Gasteiger partial charge in [0.05, 0.1) is 30.1 Å². The highest BCUT2D eigenvalue weighted by atomic mass is 32.2. The molecule has 3 atom stereocenters. The van der Waals surface area contributed by atoms with Crippen molar-refractivity contribution in [1.29, 1.82) is 0 Å². The predicted octanol–water partition coefficient (Wildman–Crippen LogP) is 4.25. The van der Waals surface area contributed by atoms with Crippen LogP contribution in [0.15, 0.2) is 83.8 Å². The second kappa shape index (κ2) is 8.96. The summed E-state index contributed by atoms with van der Waals surface area (Å²) < 4.78 is 4.72. The standard InChI is InChI=1S/C26H22N2O5S/c1-32-26(31)17-8-12-18(13-9-17)27-24(29)21-22(16-10-14-20(34-2)15-11-16)28(33-23(21)25(27)30)19-6-4-3-5-7-19/h3-15,21-23H,1-2H3/t21-,22-,23+/m1/s1. The number of amides is 2. The third-order valence-corrected chi connectivity index (χ3v) is 6.87. The molecule has 0 aliphatic carbocycles. The quantitative estimate of drug-likeness (QED) is 0.311. The summed E-state index contributed by atoms with van der Waals surface area (Å²) in [5.41, 5.74) is 2.39. The molecule has 2 aliphatic rings. The molecule has 0 N–H and O–H groups in total. The van der Waals surface area contributed by atoms with Crippen molar-refractivity contribution in [2.24, 2.45) is 5.92 Å². The number of thioether (sulfide) groups is 1. The number of hydrogen-bond donors (Lipinski definition) is 0. The fourth-order valence-corrected chi connectivity index (χ4v) is 4.88. The Morgan fingerprint density at radius 3 is 2.18 bits per heavy atom. The van der Waals surface area contributed by atoms with Crippen LogP contribution in [-0.4, -0.2) is 37.3 Å². The lowest BCUT2D eigenvalue weighted by molar-refractivity contribution is -0.126. The number of imide groups is 1. The molecule has 3 aromatic rings. The third-order valence-electron chi connectivity index (χ3n) is 6.13. The molecule has 0 spiro atoms. The van der Waals surface area contributed by atoms with E-state index >= 15 is 0 Å². The molecule has 3 aromatic carbocycles. The Labute approximate surface area is 201 Å². The third kappa shape index (κ3) is 3.65. The van der Waals surface area contributed by atoms with Gasteiger partial charge in [0.25, 0.3) is 5.91 Å². The fraction of sp³-hybridized carbons (Fsp3) is 0.192. The van der Waals surface area contributed by atoms with Crippen LogP contribution in [0.1, 0.15) is 22.0 Å². The second-order valence-corrected chi connectivity index (χ2v) is 8.86. The fourth-order valence-electron chi connectivity index (χ4n) is 4.47. The van der Waals surface area contributed by atoms with Gasteiger partial charge in [0.15, 0.2) is 6.10 Å². The average molecular weight is 475 g/mol. The van der Waals surface area contributed by atoms with E-state index in [-0.39, 0.29) is 5.91 Å². The minimum atomic E-state index is -0.946. The Morgan fingerprint density at radius 2 is 1.56 bits per heavy atom. The normalized spacial score (nSPS) is 21.6. The van der Waals surface area contributed by atoms with E-state index in [1.807, 2.05) is 60.9 Å². The molecular weight excluding hydrogens is 452 g/mol. The summed E-state index contributed by atoms with van der Waals surface area (Å²) in [7, 11) is 1.30. The number of ether oxygens (including phenoxy) is 1. The van der Waals surface area contributed by atoms with Crippen molar-refractivity contribution < 1.29 is 24.0 Å². The highest BCUT2D eigenvalue weighted by Crippen LogP contribution is 2.47. The Morgan fingerprint density at radius 1 is 0.882 bits per heavy atom. The Hall–Kier alpha value is -3.62. The number of carbonyl (C=O) groups excluding carboxylic acids is 3. The molecule has 0 unspecified atom stereocenters. The smallest absolute Gasteiger partial charge is 0.337 e. The van der Waals surface area contributed by atoms with Crippen molar-refractivity contribution in [3.05, 3.63) is 90.0 Å². The van der Waals surface area contributed by atoms with E-state index in [2.05, 4.69) is 0 Å². The van der Waals surface area contributed by atoms with Crippen molar-refractivity contribution in [2.75, 3.05) is 23.3 Å². The minimum absolute atomic E-state index is 0.335. The van der Waals surface area contributed by atoms with Gasteiger partial charge in [0.1, 0.15) is 5.92 Å². The number of hydroxylamine groups is 1. The van der Waals surface area contributed by atoms with E-state index in [0.717, 1.165) is 21.0 Å². The van der Waals surface area contributed by atoms with Crippen LogP contribution in [0, 0.1) is 5.92 Å². The highest BCUT2D eigenvalue weighted by molar-refractivity contribution is 7.98. The van der Waals surface area contributed by atoms with Crippen LogP contribution < -0.4 is 9.96 Å². The number of fused-ring (bicyclic) bond motifs is 1. The van der Waals surface area contributed by atoms with Crippen LogP contribution in [0.4, 0.5) is 11.4 Å². The van der Waals surface area contributed by atoms with Crippen LogP contribution in [-0.2, 0) is 19.2 Å². The van der Waals surface area contributed by atoms with Gasteiger partial charge in [-0.3, -0.25) is 14.4 Å². The van der Waals surface area contributed by atoms with Crippen molar-refractivity contribution in [3.8, 4) is 0 Å². The largest absolute Gasteiger partial charge is 0.465 e. The first-order chi connectivity index (χ1) is 16.5. The molecule has 34 heavy (non-hydrogen) atoms. The maximum atomic E-state index is 13.7. The summed E-state index contributed by atoms with van der Waals surface area (Å²) in [6.07, 6.45) is 1.06. The van der Waals surface area contributed by atoms with Gasteiger partial charge in [0.2, 0.25) is 5.91 Å². The molecule has 5 rings (SSSR count). The van der Waals surface area contributed by atoms with Gasteiger partial charge in [-0.25, -0.2) is 14.8 Å². The Balaban J connectivity index is 1.52. The molecule has 2 heterocycles. The molecule has 172 valence electrons. The lowest BCUT2D eigenvalue weighted by Crippen LogP contribution is -2.37. The summed E-state index contributed by atoms with van der Waals surface area (Å²) >= 11 is 1.63. The minimum Gasteiger partial charge on any atom is -0.465 e. The molecule has 8 heteroatoms. The molecular formula is C26H22N2O5S. The van der Waals surface area contributed by atoms with E-state index in [1.165, 1.54) is 19.2 Å². The van der Waals surface area contributed by atoms with E-state index < -0.39 is 29.9 Å². The van der Waals surface area contributed by atoms with Gasteiger partial charge in [0, 0.05) is 4.90 Å². The summed E-state index contributed by atoms with van der Waals surface area (Å²) in [6, 6.07) is 23.1. The van der Waals surface area contributed by atoms with Crippen molar-refractivity contribution in [2.45, 2.75) is 17.0 Å². The second-order valence-electron chi connectivity index (χ2n) is 7.98. The first kappa shape index (κ1) is 22.2. The number of carbonyl (C=O) groups is 3. The number of rotatable bonds is 5. The molecule has 0 saturated carbocycles. The predicted molar refractivity (Wildman–Crippen MR) is 129 cm³/mol. The molecule has 0 radical (unpaired) electrons. The van der Waals surface area contributed by atoms with Crippen LogP contribution >= 0.6 is 11.8 Å². The highest BCUT2D eigenvalue weighted by Gasteiger charge is 2.60. The van der Waals surface area contributed by atoms with Crippen LogP contribution in [0.3, 0.4) is 0 Å². The van der Waals surface area contributed by atoms with E-state index in [1.54, 1.807) is 29.0 Å². The van der Waals surface area contributed by atoms with Gasteiger partial charge in [-0.05, 0) is 60.4 Å². The van der Waals surface area contributed by atoms with Crippen LogP contribution in [0.5, 0.6) is 0 Å². The topological polar surface area (TPSA) is 76.2 Å². The van der Waals surface area contributed by atoms with Gasteiger partial charge in [-0.2, -0.15) is 0 Å². The van der Waals surface area contributed by atoms with Gasteiger partial charge in [-0.15, -0.1) is 11.8 Å². The van der Waals surface area contributed by atoms with E-state index in [9.17, 15) is 14.4 Å². The van der Waals surface area contributed by atoms with Crippen molar-refractivity contribution in [3.63, 3.8) is 0 Å². The monoisotopic (exact) mass is 474 g/mol. The molecule has 7 nitrogen and oxygen atoms in total. The number of para-hydroxylation sites is 1. The first-order valence-electron chi connectivity index (χ1n) is 10.7. The molecule has 0 aromatic heterocycles. The molecule has 2 saturated heterocycles. The lowest BCUT2D eigenvalue weighted by atomic mass is 9.90. The summed E-state index contributed by atoms with van der Waals surface area (Å²) in [5.74, 6) is -1.96. The molecule has 2 amide bonds. The number of methoxy groups -OCH3 is 1. The van der Waals surface area contributed by atoms with E-state index in [0.29, 0.717) is 11.3 Å². The van der Waals surface area contributed by atoms with Crippen molar-refractivity contribution >= 4 is 40.9 Å². The van der Waals surface area contributed by atoms with Crippen LogP contribution in [0.2, 0.25) is 0 Å². The van der Waals surface area contributed by atoms with Gasteiger partial charge in [-0.1, -0.05) is 30.3 Å². The van der Waals surface area contributed by atoms with Gasteiger partial charge < -0.3 is 4.74 Å². The number of hydrogen-bond acceptors (Lipinski definition) is 7. The van der Waals surface area contributed by atoms with Gasteiger partial charge >= 0.3 is 5.97 Å². The van der Waals surface area contributed by atoms with Crippen molar-refractivity contribution in [1.82, 2.24) is 0 Å². The zero-order valence-corrected chi connectivity index (χ0v) is 19.4. The summed E-state index contributed by atoms with van der Waals surface area (Å²) in [5, 5.41) is 1.68. The lowest BCUT2D eigenvalue weighted by Gasteiger charge is -2.28. The number of esters is 1.